The molecule has 0 heterocycles. The molecule has 0 bridgehead atoms. The van der Waals surface area contributed by atoms with E-state index in [9.17, 15) is 13.2 Å². The molecule has 6 heteroatoms. The van der Waals surface area contributed by atoms with E-state index in [0.29, 0.717) is 24.4 Å². The van der Waals surface area contributed by atoms with Crippen LogP contribution in [0.15, 0.2) is 40.8 Å². The highest BCUT2D eigenvalue weighted by molar-refractivity contribution is 7.94. The topological polar surface area (TPSA) is 63.2 Å². The second-order valence-electron chi connectivity index (χ2n) is 6.57. The van der Waals surface area contributed by atoms with Crippen LogP contribution < -0.4 is 5.32 Å². The van der Waals surface area contributed by atoms with E-state index in [-0.39, 0.29) is 10.8 Å². The average Bonchev–Trinajstić information content (AvgIpc) is 3.38. The summed E-state index contributed by atoms with van der Waals surface area (Å²) in [5, 5.41) is 3.31. The van der Waals surface area contributed by atoms with Crippen LogP contribution in [0.3, 0.4) is 0 Å². The van der Waals surface area contributed by atoms with E-state index in [2.05, 4.69) is 11.4 Å². The van der Waals surface area contributed by atoms with Gasteiger partial charge >= 0.3 is 0 Å². The second-order valence-corrected chi connectivity index (χ2v) is 9.26. The fourth-order valence-electron chi connectivity index (χ4n) is 3.20. The molecule has 3 rings (SSSR count). The molecule has 2 aliphatic rings. The molecular formula is C18H22ClNO3S. The largest absolute Gasteiger partial charge is 0.354 e. The van der Waals surface area contributed by atoms with Crippen molar-refractivity contribution in [1.29, 1.82) is 0 Å². The van der Waals surface area contributed by atoms with Gasteiger partial charge in [-0.15, -0.1) is 0 Å². The summed E-state index contributed by atoms with van der Waals surface area (Å²) < 4.78 is 24.3. The lowest BCUT2D eigenvalue weighted by Gasteiger charge is -2.17. The van der Waals surface area contributed by atoms with Crippen LogP contribution in [-0.4, -0.2) is 25.6 Å². The van der Waals surface area contributed by atoms with Gasteiger partial charge in [0.2, 0.25) is 5.91 Å². The number of sulfone groups is 1. The van der Waals surface area contributed by atoms with Crippen LogP contribution in [0.4, 0.5) is 0 Å². The van der Waals surface area contributed by atoms with Crippen molar-refractivity contribution in [1.82, 2.24) is 5.32 Å². The fourth-order valence-corrected chi connectivity index (χ4v) is 5.23. The predicted octanol–water partition coefficient (Wildman–Crippen LogP) is 3.65. The van der Waals surface area contributed by atoms with Gasteiger partial charge in [0, 0.05) is 11.6 Å². The first-order valence-corrected chi connectivity index (χ1v) is 10.3. The molecule has 130 valence electrons. The average molecular weight is 368 g/mol. The van der Waals surface area contributed by atoms with Crippen LogP contribution in [0.25, 0.3) is 0 Å². The number of nitrogens with one attached hydrogen (secondary N) is 1. The lowest BCUT2D eigenvalue weighted by atomic mass is 9.97. The Morgan fingerprint density at radius 1 is 1.17 bits per heavy atom. The molecule has 0 atom stereocenters. The van der Waals surface area contributed by atoms with E-state index < -0.39 is 14.6 Å². The number of benzene rings is 1. The van der Waals surface area contributed by atoms with E-state index in [1.807, 2.05) is 0 Å². The van der Waals surface area contributed by atoms with Gasteiger partial charge < -0.3 is 5.32 Å². The molecule has 2 aliphatic carbocycles. The number of carbonyl (C=O) groups excluding carboxylic acids is 1. The van der Waals surface area contributed by atoms with Gasteiger partial charge in [0.1, 0.15) is 0 Å². The first-order chi connectivity index (χ1) is 11.5. The number of allylic oxidation sites excluding steroid dienone is 1. The molecule has 1 N–H and O–H groups in total. The van der Waals surface area contributed by atoms with Crippen LogP contribution in [0.2, 0.25) is 5.02 Å². The minimum absolute atomic E-state index is 0.162. The van der Waals surface area contributed by atoms with Crippen LogP contribution in [0, 0.1) is 0 Å². The lowest BCUT2D eigenvalue weighted by Crippen LogP contribution is -2.42. The standard InChI is InChI=1S/C18H22ClNO3S/c19-15-6-8-16(9-7-15)24(22,23)18(11-12-18)17(21)20-13-10-14-4-2-1-3-5-14/h4,6-9H,1-3,5,10-13H2,(H,20,21). The smallest absolute Gasteiger partial charge is 0.241 e. The summed E-state index contributed by atoms with van der Waals surface area (Å²) in [5.74, 6) is -0.367. The Morgan fingerprint density at radius 2 is 1.88 bits per heavy atom. The minimum atomic E-state index is -3.68. The predicted molar refractivity (Wildman–Crippen MR) is 94.8 cm³/mol. The van der Waals surface area contributed by atoms with Crippen molar-refractivity contribution in [2.24, 2.45) is 0 Å². The zero-order valence-electron chi connectivity index (χ0n) is 13.6. The number of hydrogen-bond acceptors (Lipinski definition) is 3. The molecule has 1 saturated carbocycles. The Bertz CT molecular complexity index is 749. The molecule has 0 unspecified atom stereocenters. The van der Waals surface area contributed by atoms with E-state index in [1.165, 1.54) is 42.7 Å². The van der Waals surface area contributed by atoms with Crippen LogP contribution in [0.5, 0.6) is 0 Å². The van der Waals surface area contributed by atoms with Crippen molar-refractivity contribution >= 4 is 27.3 Å². The summed E-state index contributed by atoms with van der Waals surface area (Å²) in [5.41, 5.74) is 1.37. The Labute approximate surface area is 148 Å². The van der Waals surface area contributed by atoms with Crippen molar-refractivity contribution < 1.29 is 13.2 Å². The molecule has 1 fully saturated rings. The quantitative estimate of drug-likeness (QED) is 0.780. The van der Waals surface area contributed by atoms with Crippen LogP contribution in [-0.2, 0) is 14.6 Å². The third-order valence-electron chi connectivity index (χ3n) is 4.87. The van der Waals surface area contributed by atoms with Gasteiger partial charge in [-0.3, -0.25) is 4.79 Å². The van der Waals surface area contributed by atoms with Gasteiger partial charge in [-0.1, -0.05) is 23.3 Å². The molecule has 0 radical (unpaired) electrons. The minimum Gasteiger partial charge on any atom is -0.354 e. The summed E-state index contributed by atoms with van der Waals surface area (Å²) in [4.78, 5) is 12.7. The number of rotatable bonds is 6. The summed E-state index contributed by atoms with van der Waals surface area (Å²) in [6, 6.07) is 6.02. The number of halogens is 1. The molecule has 4 nitrogen and oxygen atoms in total. The highest BCUT2D eigenvalue weighted by Crippen LogP contribution is 2.47. The second kappa shape index (κ2) is 6.89. The van der Waals surface area contributed by atoms with Crippen molar-refractivity contribution in [3.05, 3.63) is 40.9 Å². The first-order valence-electron chi connectivity index (χ1n) is 8.42. The molecule has 1 aromatic rings. The van der Waals surface area contributed by atoms with E-state index in [4.69, 9.17) is 11.6 Å². The fraction of sp³-hybridized carbons (Fsp3) is 0.500. The maximum atomic E-state index is 12.8. The van der Waals surface area contributed by atoms with Gasteiger partial charge in [0.15, 0.2) is 14.6 Å². The molecule has 0 saturated heterocycles. The molecular weight excluding hydrogens is 346 g/mol. The van der Waals surface area contributed by atoms with Crippen molar-refractivity contribution in [3.63, 3.8) is 0 Å². The summed E-state index contributed by atoms with van der Waals surface area (Å²) >= 11 is 5.82. The van der Waals surface area contributed by atoms with E-state index in [0.717, 1.165) is 19.3 Å². The molecule has 0 spiro atoms. The summed E-state index contributed by atoms with van der Waals surface area (Å²) in [7, 11) is -3.68. The maximum absolute atomic E-state index is 12.8. The Balaban J connectivity index is 1.65. The SMILES string of the molecule is O=C(NCCC1=CCCCC1)C1(S(=O)(=O)c2ccc(Cl)cc2)CC1. The van der Waals surface area contributed by atoms with E-state index in [1.54, 1.807) is 0 Å². The highest BCUT2D eigenvalue weighted by atomic mass is 35.5. The van der Waals surface area contributed by atoms with E-state index >= 15 is 0 Å². The summed E-state index contributed by atoms with van der Waals surface area (Å²) in [6.07, 6.45) is 8.45. The third kappa shape index (κ3) is 3.38. The summed E-state index contributed by atoms with van der Waals surface area (Å²) in [6.45, 7) is 0.503. The van der Waals surface area contributed by atoms with Gasteiger partial charge in [-0.2, -0.15) is 0 Å². The van der Waals surface area contributed by atoms with Gasteiger partial charge in [-0.05, 0) is 69.2 Å². The van der Waals surface area contributed by atoms with Crippen molar-refractivity contribution in [2.75, 3.05) is 6.54 Å². The monoisotopic (exact) mass is 367 g/mol. The molecule has 1 amide bonds. The Hall–Kier alpha value is -1.33. The van der Waals surface area contributed by atoms with Gasteiger partial charge in [0.05, 0.1) is 4.90 Å². The molecule has 24 heavy (non-hydrogen) atoms. The van der Waals surface area contributed by atoms with Crippen molar-refractivity contribution in [2.45, 2.75) is 54.6 Å². The number of amides is 1. The third-order valence-corrected chi connectivity index (χ3v) is 7.64. The number of carbonyl (C=O) groups is 1. The normalized spacial score (nSPS) is 19.5. The van der Waals surface area contributed by atoms with Crippen LogP contribution in [0.1, 0.15) is 44.9 Å². The van der Waals surface area contributed by atoms with Gasteiger partial charge in [-0.25, -0.2) is 8.42 Å². The van der Waals surface area contributed by atoms with Crippen LogP contribution >= 0.6 is 11.6 Å². The Kier molecular flexibility index (Phi) is 5.02. The highest BCUT2D eigenvalue weighted by Gasteiger charge is 2.61. The molecule has 0 aliphatic heterocycles. The molecule has 1 aromatic carbocycles. The lowest BCUT2D eigenvalue weighted by molar-refractivity contribution is -0.121. The van der Waals surface area contributed by atoms with Gasteiger partial charge in [0.25, 0.3) is 0 Å². The zero-order valence-corrected chi connectivity index (χ0v) is 15.1. The van der Waals surface area contributed by atoms with Crippen molar-refractivity contribution in [3.8, 4) is 0 Å². The Morgan fingerprint density at radius 3 is 2.46 bits per heavy atom. The first kappa shape index (κ1) is 17.5. The zero-order chi connectivity index (χ0) is 17.2. The molecule has 0 aromatic heterocycles. The number of hydrogen-bond donors (Lipinski definition) is 1. The maximum Gasteiger partial charge on any atom is 0.241 e.